The molecule has 1 amide bonds. The Kier molecular flexibility index (Phi) is 5.87. The Bertz CT molecular complexity index is 634. The van der Waals surface area contributed by atoms with Gasteiger partial charge < -0.3 is 10.1 Å². The predicted octanol–water partition coefficient (Wildman–Crippen LogP) is 0.646. The number of carbonyl (C=O) groups is 2. The second kappa shape index (κ2) is 7.01. The van der Waals surface area contributed by atoms with Crippen LogP contribution in [0.5, 0.6) is 0 Å². The van der Waals surface area contributed by atoms with Gasteiger partial charge >= 0.3 is 5.97 Å². The summed E-state index contributed by atoms with van der Waals surface area (Å²) in [7, 11) is -2.79. The van der Waals surface area contributed by atoms with Crippen LogP contribution in [0.15, 0.2) is 10.3 Å². The van der Waals surface area contributed by atoms with Gasteiger partial charge in [-0.25, -0.2) is 17.9 Å². The number of thiophene rings is 1. The van der Waals surface area contributed by atoms with Crippen molar-refractivity contribution in [2.24, 2.45) is 0 Å². The number of hydrogen-bond donors (Lipinski definition) is 2. The van der Waals surface area contributed by atoms with Crippen LogP contribution in [0.4, 0.5) is 0 Å². The Labute approximate surface area is 127 Å². The molecule has 0 aliphatic rings. The average molecular weight is 334 g/mol. The normalized spacial score (nSPS) is 11.5. The number of hydrogen-bond acceptors (Lipinski definition) is 6. The van der Waals surface area contributed by atoms with E-state index < -0.39 is 28.4 Å². The fraction of sp³-hybridized carbons (Fsp3) is 0.500. The largest absolute Gasteiger partial charge is 0.465 e. The third kappa shape index (κ3) is 4.51. The maximum Gasteiger partial charge on any atom is 0.349 e. The van der Waals surface area contributed by atoms with Crippen LogP contribution in [0, 0.1) is 6.92 Å². The van der Waals surface area contributed by atoms with E-state index in [0.29, 0.717) is 5.56 Å². The van der Waals surface area contributed by atoms with E-state index in [4.69, 9.17) is 0 Å². The van der Waals surface area contributed by atoms with Crippen LogP contribution in [0.1, 0.15) is 29.1 Å². The van der Waals surface area contributed by atoms with Crippen molar-refractivity contribution in [2.45, 2.75) is 31.7 Å². The molecule has 0 saturated carbocycles. The summed E-state index contributed by atoms with van der Waals surface area (Å²) in [6, 6.07) is -0.0875. The van der Waals surface area contributed by atoms with Crippen molar-refractivity contribution in [1.29, 1.82) is 0 Å². The van der Waals surface area contributed by atoms with Crippen molar-refractivity contribution in [3.05, 3.63) is 15.8 Å². The van der Waals surface area contributed by atoms with Gasteiger partial charge in [-0.05, 0) is 31.7 Å². The zero-order chi connectivity index (χ0) is 16.2. The summed E-state index contributed by atoms with van der Waals surface area (Å²) in [6.45, 7) is 4.72. The molecule has 9 heteroatoms. The highest BCUT2D eigenvalue weighted by Crippen LogP contribution is 2.27. The Morgan fingerprint density at radius 2 is 2.00 bits per heavy atom. The van der Waals surface area contributed by atoms with Gasteiger partial charge in [-0.15, -0.1) is 11.3 Å². The van der Waals surface area contributed by atoms with Gasteiger partial charge in [0.25, 0.3) is 0 Å². The highest BCUT2D eigenvalue weighted by atomic mass is 32.2. The number of amides is 1. The predicted molar refractivity (Wildman–Crippen MR) is 78.9 cm³/mol. The summed E-state index contributed by atoms with van der Waals surface area (Å²) >= 11 is 0.986. The summed E-state index contributed by atoms with van der Waals surface area (Å²) in [6.07, 6.45) is 0. The van der Waals surface area contributed by atoms with Crippen LogP contribution in [0.2, 0.25) is 0 Å². The van der Waals surface area contributed by atoms with Crippen LogP contribution in [0.3, 0.4) is 0 Å². The molecule has 1 aromatic heterocycles. The van der Waals surface area contributed by atoms with Gasteiger partial charge in [0.15, 0.2) is 0 Å². The van der Waals surface area contributed by atoms with E-state index in [0.717, 1.165) is 11.3 Å². The average Bonchev–Trinajstić information content (AvgIpc) is 2.77. The number of methoxy groups -OCH3 is 1. The van der Waals surface area contributed by atoms with Gasteiger partial charge in [-0.3, -0.25) is 4.79 Å². The molecule has 0 aliphatic carbocycles. The molecule has 0 aromatic carbocycles. The van der Waals surface area contributed by atoms with Gasteiger partial charge in [0.1, 0.15) is 9.77 Å². The molecule has 0 unspecified atom stereocenters. The van der Waals surface area contributed by atoms with Gasteiger partial charge in [-0.1, -0.05) is 0 Å². The minimum absolute atomic E-state index is 0.00762. The van der Waals surface area contributed by atoms with Gasteiger partial charge in [-0.2, -0.15) is 0 Å². The summed E-state index contributed by atoms with van der Waals surface area (Å²) in [5.74, 6) is -1.17. The van der Waals surface area contributed by atoms with Crippen molar-refractivity contribution in [1.82, 2.24) is 10.0 Å². The lowest BCUT2D eigenvalue weighted by atomic mass is 10.3. The first-order valence-electron chi connectivity index (χ1n) is 6.14. The molecular formula is C12H18N2O5S2. The molecule has 0 radical (unpaired) electrons. The zero-order valence-electron chi connectivity index (χ0n) is 12.2. The van der Waals surface area contributed by atoms with Gasteiger partial charge in [0.2, 0.25) is 15.9 Å². The monoisotopic (exact) mass is 334 g/mol. The first kappa shape index (κ1) is 17.6. The topological polar surface area (TPSA) is 102 Å². The minimum Gasteiger partial charge on any atom is -0.465 e. The number of nitrogens with one attached hydrogen (secondary N) is 2. The maximum absolute atomic E-state index is 12.3. The van der Waals surface area contributed by atoms with Crippen LogP contribution in [-0.4, -0.2) is 40.0 Å². The number of rotatable bonds is 6. The minimum atomic E-state index is -3.97. The van der Waals surface area contributed by atoms with E-state index in [1.807, 2.05) is 0 Å². The van der Waals surface area contributed by atoms with Gasteiger partial charge in [0, 0.05) is 6.04 Å². The second-order valence-corrected chi connectivity index (χ2v) is 7.20. The molecule has 0 atom stereocenters. The van der Waals surface area contributed by atoms with Crippen molar-refractivity contribution < 1.29 is 22.7 Å². The summed E-state index contributed by atoms with van der Waals surface area (Å²) < 4.78 is 31.3. The molecule has 21 heavy (non-hydrogen) atoms. The fourth-order valence-corrected chi connectivity index (χ4v) is 4.29. The number of carbonyl (C=O) groups excluding carboxylic acids is 2. The van der Waals surface area contributed by atoms with Crippen LogP contribution in [-0.2, 0) is 19.6 Å². The molecule has 1 heterocycles. The molecule has 0 saturated heterocycles. The van der Waals surface area contributed by atoms with E-state index >= 15 is 0 Å². The first-order valence-corrected chi connectivity index (χ1v) is 8.50. The Morgan fingerprint density at radius 3 is 2.52 bits per heavy atom. The Morgan fingerprint density at radius 1 is 1.38 bits per heavy atom. The highest BCUT2D eigenvalue weighted by molar-refractivity contribution is 7.89. The molecule has 0 fully saturated rings. The fourth-order valence-electron chi connectivity index (χ4n) is 1.61. The highest BCUT2D eigenvalue weighted by Gasteiger charge is 2.27. The lowest BCUT2D eigenvalue weighted by Gasteiger charge is -2.10. The lowest BCUT2D eigenvalue weighted by Crippen LogP contribution is -2.40. The van der Waals surface area contributed by atoms with E-state index in [-0.39, 0.29) is 15.8 Å². The van der Waals surface area contributed by atoms with Crippen molar-refractivity contribution in [3.63, 3.8) is 0 Å². The van der Waals surface area contributed by atoms with Crippen LogP contribution < -0.4 is 10.0 Å². The smallest absolute Gasteiger partial charge is 0.349 e. The first-order chi connectivity index (χ1) is 9.69. The zero-order valence-corrected chi connectivity index (χ0v) is 13.9. The third-order valence-electron chi connectivity index (χ3n) is 2.43. The van der Waals surface area contributed by atoms with Crippen molar-refractivity contribution in [3.8, 4) is 0 Å². The quantitative estimate of drug-likeness (QED) is 0.744. The molecule has 0 spiro atoms. The van der Waals surface area contributed by atoms with Crippen molar-refractivity contribution in [2.75, 3.05) is 13.7 Å². The summed E-state index contributed by atoms with van der Waals surface area (Å²) in [5, 5.41) is 4.12. The molecule has 0 aliphatic heterocycles. The van der Waals surface area contributed by atoms with Crippen LogP contribution in [0.25, 0.3) is 0 Å². The Hall–Kier alpha value is -1.45. The summed E-state index contributed by atoms with van der Waals surface area (Å²) in [5.41, 5.74) is 0.428. The molecule has 1 rings (SSSR count). The molecule has 1 aromatic rings. The van der Waals surface area contributed by atoms with Gasteiger partial charge in [0.05, 0.1) is 13.7 Å². The van der Waals surface area contributed by atoms with E-state index in [2.05, 4.69) is 14.8 Å². The summed E-state index contributed by atoms with van der Waals surface area (Å²) in [4.78, 5) is 22.9. The maximum atomic E-state index is 12.3. The van der Waals surface area contributed by atoms with Crippen LogP contribution >= 0.6 is 11.3 Å². The van der Waals surface area contributed by atoms with E-state index in [1.165, 1.54) is 7.11 Å². The molecular weight excluding hydrogens is 316 g/mol. The standard InChI is InChI=1S/C12H18N2O5S2/c1-7(2)14-9(15)5-13-21(17,18)11-8(3)6-20-10(11)12(16)19-4/h6-7,13H,5H2,1-4H3,(H,14,15). The number of sulfonamides is 1. The number of aryl methyl sites for hydroxylation is 1. The third-order valence-corrected chi connectivity index (χ3v) is 5.22. The lowest BCUT2D eigenvalue weighted by molar-refractivity contribution is -0.120. The molecule has 0 bridgehead atoms. The molecule has 118 valence electrons. The van der Waals surface area contributed by atoms with E-state index in [1.54, 1.807) is 26.2 Å². The second-order valence-electron chi connectivity index (χ2n) is 4.62. The van der Waals surface area contributed by atoms with E-state index in [9.17, 15) is 18.0 Å². The molecule has 2 N–H and O–H groups in total. The molecule has 7 nitrogen and oxygen atoms in total. The Balaban J connectivity index is 2.96. The SMILES string of the molecule is COC(=O)c1scc(C)c1S(=O)(=O)NCC(=O)NC(C)C. The number of esters is 1. The van der Waals surface area contributed by atoms with Crippen molar-refractivity contribution >= 4 is 33.2 Å². The number of ether oxygens (including phenoxy) is 1.